The third-order valence-corrected chi connectivity index (χ3v) is 5.96. The van der Waals surface area contributed by atoms with E-state index in [9.17, 15) is 0 Å². The first-order valence-corrected chi connectivity index (χ1v) is 10.3. The number of hydrogen-bond donors (Lipinski definition) is 0. The molecular formula is C23H15N3O3S. The third-order valence-electron chi connectivity index (χ3n) is 5.01. The second kappa shape index (κ2) is 6.96. The van der Waals surface area contributed by atoms with Crippen molar-refractivity contribution < 1.29 is 14.2 Å². The van der Waals surface area contributed by atoms with Crippen molar-refractivity contribution in [1.29, 1.82) is 0 Å². The predicted molar refractivity (Wildman–Crippen MR) is 115 cm³/mol. The van der Waals surface area contributed by atoms with Gasteiger partial charge in [0.15, 0.2) is 17.3 Å². The molecule has 0 spiro atoms. The standard InChI is InChI=1S/C23H15N3O3S/c1-4-17-16(3-2-8-24-17)18(5-1)27-11-15-12-30-21-10-25-23(26-22(15)21)14-6-7-19-20(9-14)29-13-28-19/h1-10,12H,11,13H2. The molecule has 1 aliphatic heterocycles. The molecule has 1 aliphatic rings. The smallest absolute Gasteiger partial charge is 0.231 e. The van der Waals surface area contributed by atoms with Gasteiger partial charge in [0.2, 0.25) is 6.79 Å². The zero-order valence-corrected chi connectivity index (χ0v) is 16.6. The molecule has 2 aromatic carbocycles. The molecule has 6 nitrogen and oxygen atoms in total. The number of hydrogen-bond acceptors (Lipinski definition) is 7. The fourth-order valence-electron chi connectivity index (χ4n) is 3.51. The van der Waals surface area contributed by atoms with Crippen LogP contribution in [-0.4, -0.2) is 21.7 Å². The highest BCUT2D eigenvalue weighted by atomic mass is 32.1. The maximum absolute atomic E-state index is 6.15. The van der Waals surface area contributed by atoms with Crippen LogP contribution in [0.4, 0.5) is 0 Å². The zero-order valence-electron chi connectivity index (χ0n) is 15.7. The van der Waals surface area contributed by atoms with Crippen molar-refractivity contribution in [2.45, 2.75) is 6.61 Å². The van der Waals surface area contributed by atoms with Crippen LogP contribution in [0.15, 0.2) is 66.3 Å². The molecule has 0 radical (unpaired) electrons. The lowest BCUT2D eigenvalue weighted by Gasteiger charge is -2.08. The van der Waals surface area contributed by atoms with E-state index in [0.29, 0.717) is 12.4 Å². The van der Waals surface area contributed by atoms with Crippen LogP contribution in [-0.2, 0) is 6.61 Å². The van der Waals surface area contributed by atoms with Gasteiger partial charge in [0, 0.05) is 34.3 Å². The number of nitrogens with zero attached hydrogens (tertiary/aromatic N) is 3. The Balaban J connectivity index is 1.33. The van der Waals surface area contributed by atoms with Crippen LogP contribution in [0.2, 0.25) is 0 Å². The van der Waals surface area contributed by atoms with Gasteiger partial charge < -0.3 is 14.2 Å². The fraction of sp³-hybridized carbons (Fsp3) is 0.0870. The van der Waals surface area contributed by atoms with Gasteiger partial charge in [-0.3, -0.25) is 4.98 Å². The molecule has 0 bridgehead atoms. The Morgan fingerprint density at radius 2 is 1.97 bits per heavy atom. The van der Waals surface area contributed by atoms with Gasteiger partial charge in [-0.1, -0.05) is 6.07 Å². The van der Waals surface area contributed by atoms with E-state index in [1.807, 2.05) is 54.7 Å². The Morgan fingerprint density at radius 3 is 2.97 bits per heavy atom. The van der Waals surface area contributed by atoms with E-state index in [-0.39, 0.29) is 6.79 Å². The van der Waals surface area contributed by atoms with Gasteiger partial charge in [0.25, 0.3) is 0 Å². The summed E-state index contributed by atoms with van der Waals surface area (Å²) in [5, 5.41) is 3.07. The average Bonchev–Trinajstić information content (AvgIpc) is 3.43. The van der Waals surface area contributed by atoms with Gasteiger partial charge in [-0.15, -0.1) is 11.3 Å². The molecule has 0 unspecified atom stereocenters. The van der Waals surface area contributed by atoms with Crippen LogP contribution < -0.4 is 14.2 Å². The monoisotopic (exact) mass is 413 g/mol. The minimum absolute atomic E-state index is 0.244. The summed E-state index contributed by atoms with van der Waals surface area (Å²) in [5.41, 5.74) is 3.73. The Morgan fingerprint density at radius 1 is 1.00 bits per heavy atom. The number of thiophene rings is 1. The Bertz CT molecular complexity index is 1390. The number of benzene rings is 2. The number of rotatable bonds is 4. The van der Waals surface area contributed by atoms with Crippen LogP contribution in [0.1, 0.15) is 5.56 Å². The highest BCUT2D eigenvalue weighted by Crippen LogP contribution is 2.36. The molecule has 0 saturated carbocycles. The summed E-state index contributed by atoms with van der Waals surface area (Å²) in [6.45, 7) is 0.667. The molecule has 7 heteroatoms. The fourth-order valence-corrected chi connectivity index (χ4v) is 4.36. The van der Waals surface area contributed by atoms with Crippen molar-refractivity contribution >= 4 is 32.5 Å². The molecule has 0 fully saturated rings. The minimum Gasteiger partial charge on any atom is -0.488 e. The SMILES string of the molecule is c1cc(OCc2csc3cnc(-c4ccc5c(c4)OCO5)nc23)c2cccnc2c1. The number of aromatic nitrogens is 3. The molecule has 0 atom stereocenters. The Labute approximate surface area is 175 Å². The predicted octanol–water partition coefficient (Wildman–Crippen LogP) is 5.21. The molecule has 0 saturated heterocycles. The van der Waals surface area contributed by atoms with Gasteiger partial charge in [0.05, 0.1) is 15.7 Å². The topological polar surface area (TPSA) is 66.4 Å². The first kappa shape index (κ1) is 17.2. The van der Waals surface area contributed by atoms with Crippen LogP contribution in [0, 0.1) is 0 Å². The van der Waals surface area contributed by atoms with Crippen LogP contribution in [0.25, 0.3) is 32.5 Å². The first-order chi connectivity index (χ1) is 14.8. The van der Waals surface area contributed by atoms with Gasteiger partial charge >= 0.3 is 0 Å². The second-order valence-corrected chi connectivity index (χ2v) is 7.76. The number of fused-ring (bicyclic) bond motifs is 3. The van der Waals surface area contributed by atoms with E-state index >= 15 is 0 Å². The summed E-state index contributed by atoms with van der Waals surface area (Å²) in [4.78, 5) is 13.7. The molecule has 4 heterocycles. The molecule has 0 amide bonds. The van der Waals surface area contributed by atoms with E-state index in [1.165, 1.54) is 0 Å². The summed E-state index contributed by atoms with van der Waals surface area (Å²) in [6, 6.07) is 15.6. The summed E-state index contributed by atoms with van der Waals surface area (Å²) in [6.07, 6.45) is 3.64. The summed E-state index contributed by atoms with van der Waals surface area (Å²) >= 11 is 1.61. The third kappa shape index (κ3) is 2.91. The van der Waals surface area contributed by atoms with Crippen LogP contribution >= 0.6 is 11.3 Å². The average molecular weight is 413 g/mol. The zero-order chi connectivity index (χ0) is 19.9. The van der Waals surface area contributed by atoms with E-state index in [1.54, 1.807) is 17.5 Å². The molecule has 0 N–H and O–H groups in total. The van der Waals surface area contributed by atoms with Gasteiger partial charge in [-0.2, -0.15) is 0 Å². The Kier molecular flexibility index (Phi) is 3.99. The van der Waals surface area contributed by atoms with Gasteiger partial charge in [-0.05, 0) is 42.5 Å². The molecule has 0 aliphatic carbocycles. The molecule has 146 valence electrons. The van der Waals surface area contributed by atoms with Crippen molar-refractivity contribution in [2.24, 2.45) is 0 Å². The number of pyridine rings is 1. The first-order valence-electron chi connectivity index (χ1n) is 9.45. The van der Waals surface area contributed by atoms with Gasteiger partial charge in [0.1, 0.15) is 12.4 Å². The molecule has 3 aromatic heterocycles. The Hall–Kier alpha value is -3.71. The quantitative estimate of drug-likeness (QED) is 0.403. The molecule has 30 heavy (non-hydrogen) atoms. The van der Waals surface area contributed by atoms with E-state index in [0.717, 1.165) is 49.5 Å². The summed E-state index contributed by atoms with van der Waals surface area (Å²) in [5.74, 6) is 2.92. The largest absolute Gasteiger partial charge is 0.488 e. The summed E-state index contributed by atoms with van der Waals surface area (Å²) in [7, 11) is 0. The molecule has 5 aromatic rings. The normalized spacial score (nSPS) is 12.5. The number of ether oxygens (including phenoxy) is 3. The molecule has 6 rings (SSSR count). The van der Waals surface area contributed by atoms with Crippen LogP contribution in [0.5, 0.6) is 17.2 Å². The maximum atomic E-state index is 6.15. The van der Waals surface area contributed by atoms with Crippen LogP contribution in [0.3, 0.4) is 0 Å². The molecular weight excluding hydrogens is 398 g/mol. The maximum Gasteiger partial charge on any atom is 0.231 e. The highest BCUT2D eigenvalue weighted by molar-refractivity contribution is 7.17. The highest BCUT2D eigenvalue weighted by Gasteiger charge is 2.16. The lowest BCUT2D eigenvalue weighted by molar-refractivity contribution is 0.174. The van der Waals surface area contributed by atoms with E-state index < -0.39 is 0 Å². The summed E-state index contributed by atoms with van der Waals surface area (Å²) < 4.78 is 18.0. The van der Waals surface area contributed by atoms with Gasteiger partial charge in [-0.25, -0.2) is 9.97 Å². The van der Waals surface area contributed by atoms with Crippen molar-refractivity contribution in [2.75, 3.05) is 6.79 Å². The van der Waals surface area contributed by atoms with Crippen molar-refractivity contribution in [1.82, 2.24) is 15.0 Å². The lowest BCUT2D eigenvalue weighted by Crippen LogP contribution is -1.97. The minimum atomic E-state index is 0.244. The van der Waals surface area contributed by atoms with Crippen molar-refractivity contribution in [3.63, 3.8) is 0 Å². The van der Waals surface area contributed by atoms with E-state index in [2.05, 4.69) is 15.3 Å². The van der Waals surface area contributed by atoms with Crippen molar-refractivity contribution in [3.8, 4) is 28.6 Å². The lowest BCUT2D eigenvalue weighted by atomic mass is 10.2. The second-order valence-electron chi connectivity index (χ2n) is 6.85. The van der Waals surface area contributed by atoms with E-state index in [4.69, 9.17) is 19.2 Å². The van der Waals surface area contributed by atoms with Crippen molar-refractivity contribution in [3.05, 3.63) is 71.9 Å².